The Hall–Kier alpha value is -3.01. The smallest absolute Gasteiger partial charge is 0.416 e. The summed E-state index contributed by atoms with van der Waals surface area (Å²) in [6, 6.07) is 8.73. The predicted octanol–water partition coefficient (Wildman–Crippen LogP) is 6.12. The fourth-order valence-electron chi connectivity index (χ4n) is 4.68. The molecule has 2 aromatic carbocycles. The van der Waals surface area contributed by atoms with E-state index in [1.165, 1.54) is 5.57 Å². The number of fused-ring (bicyclic) bond motifs is 1. The SMILES string of the molecule is CC1CCCCC1=Cc1ccc2c(c1)N(S(=O)(=O)c1cccc(C(F)(F)F)c1)CC(CCC(=O)O)O2. The molecule has 1 aliphatic carbocycles. The third-order valence-electron chi connectivity index (χ3n) is 6.68. The number of rotatable bonds is 6. The molecule has 1 heterocycles. The number of alkyl halides is 3. The van der Waals surface area contributed by atoms with E-state index >= 15 is 0 Å². The molecule has 0 amide bonds. The molecule has 0 bridgehead atoms. The zero-order valence-corrected chi connectivity index (χ0v) is 20.6. The average Bonchev–Trinajstić information content (AvgIpc) is 2.83. The van der Waals surface area contributed by atoms with Crippen LogP contribution in [0.25, 0.3) is 6.08 Å². The second-order valence-electron chi connectivity index (χ2n) is 9.33. The Morgan fingerprint density at radius 2 is 1.97 bits per heavy atom. The summed E-state index contributed by atoms with van der Waals surface area (Å²) >= 11 is 0. The maximum Gasteiger partial charge on any atom is 0.416 e. The number of allylic oxidation sites excluding steroid dienone is 1. The lowest BCUT2D eigenvalue weighted by Crippen LogP contribution is -2.43. The van der Waals surface area contributed by atoms with Gasteiger partial charge in [0.15, 0.2) is 0 Å². The zero-order chi connectivity index (χ0) is 26.1. The molecule has 4 rings (SSSR count). The summed E-state index contributed by atoms with van der Waals surface area (Å²) in [4.78, 5) is 10.6. The van der Waals surface area contributed by atoms with Crippen LogP contribution < -0.4 is 9.04 Å². The number of benzene rings is 2. The number of sulfonamides is 1. The van der Waals surface area contributed by atoms with Gasteiger partial charge in [0.05, 0.1) is 22.7 Å². The van der Waals surface area contributed by atoms with Crippen LogP contribution in [0.15, 0.2) is 52.9 Å². The number of aliphatic carboxylic acids is 1. The monoisotopic (exact) mass is 523 g/mol. The normalized spacial score (nSPS) is 21.7. The minimum absolute atomic E-state index is 0.0483. The van der Waals surface area contributed by atoms with Crippen molar-refractivity contribution in [2.24, 2.45) is 5.92 Å². The van der Waals surface area contributed by atoms with E-state index in [-0.39, 0.29) is 30.8 Å². The van der Waals surface area contributed by atoms with Crippen molar-refractivity contribution in [1.82, 2.24) is 0 Å². The summed E-state index contributed by atoms with van der Waals surface area (Å²) in [5.41, 5.74) is 1.19. The van der Waals surface area contributed by atoms with Crippen molar-refractivity contribution in [1.29, 1.82) is 0 Å². The maximum absolute atomic E-state index is 13.6. The molecule has 10 heteroatoms. The number of carboxylic acid groups (broad SMARTS) is 1. The third-order valence-corrected chi connectivity index (χ3v) is 8.46. The second kappa shape index (κ2) is 10.2. The van der Waals surface area contributed by atoms with Gasteiger partial charge >= 0.3 is 12.1 Å². The molecule has 2 aliphatic rings. The molecule has 1 saturated carbocycles. The highest BCUT2D eigenvalue weighted by molar-refractivity contribution is 7.92. The maximum atomic E-state index is 13.6. The summed E-state index contributed by atoms with van der Waals surface area (Å²) in [6.45, 7) is 1.94. The third kappa shape index (κ3) is 5.69. The lowest BCUT2D eigenvalue weighted by molar-refractivity contribution is -0.138. The largest absolute Gasteiger partial charge is 0.486 e. The lowest BCUT2D eigenvalue weighted by atomic mass is 9.84. The minimum Gasteiger partial charge on any atom is -0.486 e. The second-order valence-corrected chi connectivity index (χ2v) is 11.2. The lowest BCUT2D eigenvalue weighted by Gasteiger charge is -2.35. The Bertz CT molecular complexity index is 1270. The molecule has 0 saturated heterocycles. The van der Waals surface area contributed by atoms with Gasteiger partial charge < -0.3 is 9.84 Å². The zero-order valence-electron chi connectivity index (χ0n) is 19.8. The first-order valence-corrected chi connectivity index (χ1v) is 13.3. The first-order valence-electron chi connectivity index (χ1n) is 11.9. The van der Waals surface area contributed by atoms with Crippen LogP contribution in [0.2, 0.25) is 0 Å². The summed E-state index contributed by atoms with van der Waals surface area (Å²) in [5, 5.41) is 9.06. The van der Waals surface area contributed by atoms with Crippen molar-refractivity contribution in [2.45, 2.75) is 62.6 Å². The molecule has 1 aliphatic heterocycles. The van der Waals surface area contributed by atoms with E-state index in [1.54, 1.807) is 12.1 Å². The molecular weight excluding hydrogens is 495 g/mol. The quantitative estimate of drug-likeness (QED) is 0.493. The Labute approximate surface area is 208 Å². The Kier molecular flexibility index (Phi) is 7.36. The summed E-state index contributed by atoms with van der Waals surface area (Å²) in [6.07, 6.45) is 0.676. The van der Waals surface area contributed by atoms with E-state index in [2.05, 4.69) is 6.92 Å². The van der Waals surface area contributed by atoms with Gasteiger partial charge in [-0.25, -0.2) is 8.42 Å². The van der Waals surface area contributed by atoms with Gasteiger partial charge in [0, 0.05) is 6.42 Å². The van der Waals surface area contributed by atoms with Gasteiger partial charge in [-0.05, 0) is 67.5 Å². The van der Waals surface area contributed by atoms with Gasteiger partial charge in [0.1, 0.15) is 11.9 Å². The number of halogens is 3. The average molecular weight is 524 g/mol. The van der Waals surface area contributed by atoms with Crippen LogP contribution in [0.3, 0.4) is 0 Å². The fraction of sp³-hybridized carbons (Fsp3) is 0.423. The van der Waals surface area contributed by atoms with Gasteiger partial charge in [-0.3, -0.25) is 9.10 Å². The molecule has 0 radical (unpaired) electrons. The molecule has 194 valence electrons. The first-order chi connectivity index (χ1) is 16.9. The number of nitrogens with zero attached hydrogens (tertiary/aromatic N) is 1. The Morgan fingerprint density at radius 1 is 1.19 bits per heavy atom. The molecule has 2 unspecified atom stereocenters. The predicted molar refractivity (Wildman–Crippen MR) is 129 cm³/mol. The fourth-order valence-corrected chi connectivity index (χ4v) is 6.23. The van der Waals surface area contributed by atoms with E-state index < -0.39 is 38.7 Å². The summed E-state index contributed by atoms with van der Waals surface area (Å²) < 4.78 is 74.1. The molecule has 2 atom stereocenters. The Balaban J connectivity index is 1.76. The van der Waals surface area contributed by atoms with Gasteiger partial charge in [-0.2, -0.15) is 13.2 Å². The van der Waals surface area contributed by atoms with Crippen molar-refractivity contribution >= 4 is 27.8 Å². The number of hydrogen-bond acceptors (Lipinski definition) is 4. The van der Waals surface area contributed by atoms with Crippen molar-refractivity contribution in [3.63, 3.8) is 0 Å². The molecule has 36 heavy (non-hydrogen) atoms. The summed E-state index contributed by atoms with van der Waals surface area (Å²) in [7, 11) is -4.41. The van der Waals surface area contributed by atoms with Gasteiger partial charge in [-0.15, -0.1) is 0 Å². The topological polar surface area (TPSA) is 83.9 Å². The van der Waals surface area contributed by atoms with Gasteiger partial charge in [0.2, 0.25) is 0 Å². The molecular formula is C26H28F3NO5S. The molecule has 0 spiro atoms. The highest BCUT2D eigenvalue weighted by Gasteiger charge is 2.37. The number of carboxylic acids is 1. The number of carbonyl (C=O) groups is 1. The van der Waals surface area contributed by atoms with E-state index in [0.29, 0.717) is 12.0 Å². The van der Waals surface area contributed by atoms with Crippen LogP contribution in [-0.2, 0) is 21.0 Å². The van der Waals surface area contributed by atoms with Crippen LogP contribution in [0.1, 0.15) is 56.6 Å². The highest BCUT2D eigenvalue weighted by atomic mass is 32.2. The summed E-state index contributed by atoms with van der Waals surface area (Å²) in [5.74, 6) is -0.400. The van der Waals surface area contributed by atoms with E-state index in [0.717, 1.165) is 53.8 Å². The van der Waals surface area contributed by atoms with Crippen LogP contribution in [0, 0.1) is 5.92 Å². The molecule has 1 fully saturated rings. The van der Waals surface area contributed by atoms with Gasteiger partial charge in [-0.1, -0.05) is 37.1 Å². The number of ether oxygens (including phenoxy) is 1. The molecule has 6 nitrogen and oxygen atoms in total. The Morgan fingerprint density at radius 3 is 2.67 bits per heavy atom. The van der Waals surface area contributed by atoms with Crippen LogP contribution >= 0.6 is 0 Å². The molecule has 2 aromatic rings. The standard InChI is InChI=1S/C26H28F3NO5S/c1-17-5-2-3-6-19(17)13-18-9-11-24-23(14-18)30(16-21(35-24)10-12-25(31)32)36(33,34)22-8-4-7-20(15-22)26(27,28)29/h4,7-9,11,13-15,17,21H,2-3,5-6,10,12,16H2,1H3,(H,31,32). The van der Waals surface area contributed by atoms with Crippen molar-refractivity contribution in [3.05, 3.63) is 59.2 Å². The van der Waals surface area contributed by atoms with Crippen molar-refractivity contribution in [2.75, 3.05) is 10.8 Å². The first kappa shape index (κ1) is 26.1. The van der Waals surface area contributed by atoms with Crippen LogP contribution in [-0.4, -0.2) is 32.1 Å². The van der Waals surface area contributed by atoms with E-state index in [1.807, 2.05) is 12.1 Å². The van der Waals surface area contributed by atoms with E-state index in [9.17, 15) is 26.4 Å². The van der Waals surface area contributed by atoms with Crippen LogP contribution in [0.5, 0.6) is 5.75 Å². The molecule has 0 aromatic heterocycles. The van der Waals surface area contributed by atoms with E-state index in [4.69, 9.17) is 9.84 Å². The number of anilines is 1. The van der Waals surface area contributed by atoms with Gasteiger partial charge in [0.25, 0.3) is 10.0 Å². The minimum atomic E-state index is -4.70. The highest BCUT2D eigenvalue weighted by Crippen LogP contribution is 2.40. The number of hydrogen-bond donors (Lipinski definition) is 1. The van der Waals surface area contributed by atoms with Crippen molar-refractivity contribution in [3.8, 4) is 5.75 Å². The van der Waals surface area contributed by atoms with Crippen molar-refractivity contribution < 1.29 is 36.2 Å². The molecule has 1 N–H and O–H groups in total. The van der Waals surface area contributed by atoms with Crippen LogP contribution in [0.4, 0.5) is 18.9 Å².